The van der Waals surface area contributed by atoms with E-state index in [1.165, 1.54) is 12.1 Å². The fourth-order valence-corrected chi connectivity index (χ4v) is 1.91. The van der Waals surface area contributed by atoms with Gasteiger partial charge in [0.1, 0.15) is 17.7 Å². The molecule has 0 aliphatic carbocycles. The van der Waals surface area contributed by atoms with Crippen LogP contribution < -0.4 is 4.74 Å². The molecule has 0 N–H and O–H groups in total. The van der Waals surface area contributed by atoms with Crippen LogP contribution in [0.5, 0.6) is 5.75 Å². The third-order valence-electron chi connectivity index (χ3n) is 2.56. The maximum absolute atomic E-state index is 13.2. The molecule has 0 aromatic heterocycles. The average molecular weight is 245 g/mol. The van der Waals surface area contributed by atoms with Crippen molar-refractivity contribution in [3.05, 3.63) is 29.6 Å². The predicted molar refractivity (Wildman–Crippen MR) is 60.4 cm³/mol. The first-order chi connectivity index (χ1) is 7.78. The van der Waals surface area contributed by atoms with E-state index in [1.54, 1.807) is 6.07 Å². The Balaban J connectivity index is 2.04. The fraction of sp³-hybridized carbons (Fsp3) is 0.500. The molecular formula is C12H14ClFO2. The first-order valence-corrected chi connectivity index (χ1v) is 5.91. The molecule has 1 fully saturated rings. The lowest BCUT2D eigenvalue weighted by molar-refractivity contribution is 0.0254. The number of halogens is 2. The van der Waals surface area contributed by atoms with Gasteiger partial charge in [-0.3, -0.25) is 0 Å². The monoisotopic (exact) mass is 244 g/mol. The fourth-order valence-electron chi connectivity index (χ4n) is 1.75. The molecule has 1 heterocycles. The second-order valence-corrected chi connectivity index (χ2v) is 4.13. The maximum atomic E-state index is 13.2. The SMILES string of the molecule is Fc1cc(CCl)cc(OC2CCOCC2)c1. The molecule has 88 valence electrons. The van der Waals surface area contributed by atoms with Crippen molar-refractivity contribution in [3.63, 3.8) is 0 Å². The van der Waals surface area contributed by atoms with Crippen molar-refractivity contribution in [2.45, 2.75) is 24.8 Å². The Morgan fingerprint density at radius 1 is 1.31 bits per heavy atom. The number of benzene rings is 1. The molecule has 0 bridgehead atoms. The number of alkyl halides is 1. The van der Waals surface area contributed by atoms with Gasteiger partial charge in [0.15, 0.2) is 0 Å². The normalized spacial score (nSPS) is 17.4. The van der Waals surface area contributed by atoms with Crippen molar-refractivity contribution in [1.82, 2.24) is 0 Å². The summed E-state index contributed by atoms with van der Waals surface area (Å²) in [5, 5.41) is 0. The summed E-state index contributed by atoms with van der Waals surface area (Å²) < 4.78 is 24.1. The highest BCUT2D eigenvalue weighted by Crippen LogP contribution is 2.21. The molecule has 4 heteroatoms. The molecule has 1 aliphatic rings. The second kappa shape index (κ2) is 5.51. The van der Waals surface area contributed by atoms with Crippen LogP contribution in [0.15, 0.2) is 18.2 Å². The lowest BCUT2D eigenvalue weighted by Gasteiger charge is -2.23. The van der Waals surface area contributed by atoms with Crippen molar-refractivity contribution in [3.8, 4) is 5.75 Å². The number of hydrogen-bond donors (Lipinski definition) is 0. The summed E-state index contributed by atoms with van der Waals surface area (Å²) in [6.07, 6.45) is 1.83. The first kappa shape index (κ1) is 11.7. The Morgan fingerprint density at radius 2 is 2.06 bits per heavy atom. The molecule has 1 saturated heterocycles. The molecule has 0 unspecified atom stereocenters. The summed E-state index contributed by atoms with van der Waals surface area (Å²) >= 11 is 5.67. The van der Waals surface area contributed by atoms with Crippen LogP contribution in [0.2, 0.25) is 0 Å². The van der Waals surface area contributed by atoms with Crippen LogP contribution in [0.4, 0.5) is 4.39 Å². The van der Waals surface area contributed by atoms with Crippen LogP contribution in [0.25, 0.3) is 0 Å². The zero-order valence-electron chi connectivity index (χ0n) is 8.92. The van der Waals surface area contributed by atoms with Crippen molar-refractivity contribution in [1.29, 1.82) is 0 Å². The summed E-state index contributed by atoms with van der Waals surface area (Å²) in [6, 6.07) is 4.60. The average Bonchev–Trinajstić information content (AvgIpc) is 2.29. The Bertz CT molecular complexity index is 351. The lowest BCUT2D eigenvalue weighted by atomic mass is 10.1. The quantitative estimate of drug-likeness (QED) is 0.761. The van der Waals surface area contributed by atoms with Crippen molar-refractivity contribution < 1.29 is 13.9 Å². The number of hydrogen-bond acceptors (Lipinski definition) is 2. The molecule has 2 nitrogen and oxygen atoms in total. The van der Waals surface area contributed by atoms with Gasteiger partial charge >= 0.3 is 0 Å². The van der Waals surface area contributed by atoms with Crippen LogP contribution in [-0.2, 0) is 10.6 Å². The van der Waals surface area contributed by atoms with E-state index in [-0.39, 0.29) is 11.9 Å². The molecular weight excluding hydrogens is 231 g/mol. The summed E-state index contributed by atoms with van der Waals surface area (Å²) in [7, 11) is 0. The molecule has 1 aliphatic heterocycles. The Hall–Kier alpha value is -0.800. The molecule has 0 spiro atoms. The minimum absolute atomic E-state index is 0.124. The van der Waals surface area contributed by atoms with E-state index in [2.05, 4.69) is 0 Å². The topological polar surface area (TPSA) is 18.5 Å². The van der Waals surface area contributed by atoms with Gasteiger partial charge in [-0.2, -0.15) is 0 Å². The third-order valence-corrected chi connectivity index (χ3v) is 2.87. The smallest absolute Gasteiger partial charge is 0.127 e. The third kappa shape index (κ3) is 3.09. The molecule has 16 heavy (non-hydrogen) atoms. The highest BCUT2D eigenvalue weighted by molar-refractivity contribution is 6.17. The van der Waals surface area contributed by atoms with Crippen LogP contribution >= 0.6 is 11.6 Å². The van der Waals surface area contributed by atoms with Gasteiger partial charge in [-0.05, 0) is 17.7 Å². The zero-order valence-corrected chi connectivity index (χ0v) is 9.67. The van der Waals surface area contributed by atoms with Crippen molar-refractivity contribution in [2.24, 2.45) is 0 Å². The Labute approximate surface area is 99.3 Å². The standard InChI is InChI=1S/C12H14ClFO2/c13-8-9-5-10(14)7-12(6-9)16-11-1-3-15-4-2-11/h5-7,11H,1-4,8H2. The van der Waals surface area contributed by atoms with Crippen LogP contribution in [0.1, 0.15) is 18.4 Å². The molecule has 0 amide bonds. The Kier molecular flexibility index (Phi) is 4.02. The van der Waals surface area contributed by atoms with Crippen LogP contribution in [0, 0.1) is 5.82 Å². The van der Waals surface area contributed by atoms with Crippen molar-refractivity contribution >= 4 is 11.6 Å². The van der Waals surface area contributed by atoms with E-state index in [1.807, 2.05) is 0 Å². The number of rotatable bonds is 3. The summed E-state index contributed by atoms with van der Waals surface area (Å²) in [4.78, 5) is 0. The highest BCUT2D eigenvalue weighted by Gasteiger charge is 2.15. The van der Waals surface area contributed by atoms with Gasteiger partial charge in [0.05, 0.1) is 13.2 Å². The van der Waals surface area contributed by atoms with Crippen LogP contribution in [-0.4, -0.2) is 19.3 Å². The van der Waals surface area contributed by atoms with Gasteiger partial charge in [-0.15, -0.1) is 11.6 Å². The lowest BCUT2D eigenvalue weighted by Crippen LogP contribution is -2.25. The predicted octanol–water partition coefficient (Wildman–Crippen LogP) is 3.12. The minimum Gasteiger partial charge on any atom is -0.490 e. The molecule has 0 saturated carbocycles. The van der Waals surface area contributed by atoms with Gasteiger partial charge in [0.25, 0.3) is 0 Å². The molecule has 0 radical (unpaired) electrons. The highest BCUT2D eigenvalue weighted by atomic mass is 35.5. The first-order valence-electron chi connectivity index (χ1n) is 5.38. The molecule has 1 aromatic carbocycles. The van der Waals surface area contributed by atoms with Gasteiger partial charge in [0, 0.05) is 24.8 Å². The van der Waals surface area contributed by atoms with E-state index in [9.17, 15) is 4.39 Å². The number of ether oxygens (including phenoxy) is 2. The van der Waals surface area contributed by atoms with E-state index >= 15 is 0 Å². The summed E-state index contributed by atoms with van der Waals surface area (Å²) in [5.41, 5.74) is 0.740. The zero-order chi connectivity index (χ0) is 11.4. The second-order valence-electron chi connectivity index (χ2n) is 3.86. The summed E-state index contributed by atoms with van der Waals surface area (Å²) in [5.74, 6) is 0.546. The maximum Gasteiger partial charge on any atom is 0.127 e. The van der Waals surface area contributed by atoms with Gasteiger partial charge in [0.2, 0.25) is 0 Å². The van der Waals surface area contributed by atoms with Crippen LogP contribution in [0.3, 0.4) is 0 Å². The van der Waals surface area contributed by atoms with Gasteiger partial charge in [-0.1, -0.05) is 0 Å². The molecule has 2 rings (SSSR count). The Morgan fingerprint density at radius 3 is 2.75 bits per heavy atom. The minimum atomic E-state index is -0.305. The van der Waals surface area contributed by atoms with E-state index < -0.39 is 0 Å². The van der Waals surface area contributed by atoms with Gasteiger partial charge < -0.3 is 9.47 Å². The summed E-state index contributed by atoms with van der Waals surface area (Å²) in [6.45, 7) is 1.42. The molecule has 1 aromatic rings. The molecule has 0 atom stereocenters. The van der Waals surface area contributed by atoms with Gasteiger partial charge in [-0.25, -0.2) is 4.39 Å². The van der Waals surface area contributed by atoms with E-state index in [0.717, 1.165) is 18.4 Å². The largest absolute Gasteiger partial charge is 0.490 e. The van der Waals surface area contributed by atoms with E-state index in [4.69, 9.17) is 21.1 Å². The van der Waals surface area contributed by atoms with Crippen molar-refractivity contribution in [2.75, 3.05) is 13.2 Å². The van der Waals surface area contributed by atoms with E-state index in [0.29, 0.717) is 24.8 Å².